The molecule has 0 unspecified atom stereocenters. The normalized spacial score (nSPS) is 22.7. The first-order chi connectivity index (χ1) is 30.6. The second-order valence-electron chi connectivity index (χ2n) is 16.2. The molecule has 2 fully saturated rings. The van der Waals surface area contributed by atoms with Crippen LogP contribution in [0.25, 0.3) is 11.2 Å². The molecule has 4 heterocycles. The summed E-state index contributed by atoms with van der Waals surface area (Å²) in [5.41, 5.74) is 0.253. The monoisotopic (exact) mass is 891 g/mol. The minimum atomic E-state index is -1.61. The van der Waals surface area contributed by atoms with E-state index in [9.17, 15) is 48.9 Å². The number of fused-ring (bicyclic) bond motifs is 1. The van der Waals surface area contributed by atoms with E-state index in [0.717, 1.165) is 23.5 Å². The third kappa shape index (κ3) is 11.1. The smallest absolute Gasteiger partial charge is 0.408 e. The third-order valence-electron chi connectivity index (χ3n) is 11.3. The largest absolute Gasteiger partial charge is 0.445 e. The molecule has 3 aliphatic rings. The predicted molar refractivity (Wildman–Crippen MR) is 224 cm³/mol. The second-order valence-corrected chi connectivity index (χ2v) is 16.2. The molecular formula is C41H53N11O12. The zero-order valence-electron chi connectivity index (χ0n) is 35.4. The van der Waals surface area contributed by atoms with Crippen molar-refractivity contribution in [1.29, 1.82) is 0 Å². The Morgan fingerprint density at radius 3 is 2.31 bits per heavy atom. The van der Waals surface area contributed by atoms with Crippen molar-refractivity contribution in [2.75, 3.05) is 23.8 Å². The fourth-order valence-electron chi connectivity index (χ4n) is 7.61. The van der Waals surface area contributed by atoms with Gasteiger partial charge in [0.25, 0.3) is 11.8 Å². The van der Waals surface area contributed by atoms with Crippen LogP contribution in [0.5, 0.6) is 0 Å². The van der Waals surface area contributed by atoms with E-state index in [2.05, 4.69) is 51.8 Å². The van der Waals surface area contributed by atoms with Crippen molar-refractivity contribution < 1.29 is 58.4 Å². The average molecular weight is 892 g/mol. The van der Waals surface area contributed by atoms with Crippen LogP contribution in [0.15, 0.2) is 49.1 Å². The van der Waals surface area contributed by atoms with Crippen LogP contribution < -0.4 is 31.9 Å². The molecule has 6 rings (SSSR count). The van der Waals surface area contributed by atoms with Gasteiger partial charge < -0.3 is 61.7 Å². The number of aromatic nitrogens is 4. The first-order valence-electron chi connectivity index (χ1n) is 20.9. The molecule has 1 saturated carbocycles. The van der Waals surface area contributed by atoms with E-state index < -0.39 is 96.3 Å². The van der Waals surface area contributed by atoms with Crippen LogP contribution in [-0.2, 0) is 44.8 Å². The number of ether oxygens (including phenoxy) is 2. The van der Waals surface area contributed by atoms with Crippen molar-refractivity contribution in [3.05, 3.63) is 54.6 Å². The summed E-state index contributed by atoms with van der Waals surface area (Å²) in [6.45, 7) is 3.91. The van der Waals surface area contributed by atoms with Gasteiger partial charge in [0.15, 0.2) is 17.7 Å². The van der Waals surface area contributed by atoms with Crippen molar-refractivity contribution in [3.8, 4) is 0 Å². The molecule has 0 radical (unpaired) electrons. The quantitative estimate of drug-likeness (QED) is 0.0743. The number of nitrogens with zero attached hydrogens (tertiary/aromatic N) is 4. The Kier molecular flexibility index (Phi) is 15.2. The second kappa shape index (κ2) is 20.7. The van der Waals surface area contributed by atoms with Gasteiger partial charge in [0, 0.05) is 30.8 Å². The Morgan fingerprint density at radius 2 is 1.64 bits per heavy atom. The van der Waals surface area contributed by atoms with E-state index in [0.29, 0.717) is 35.3 Å². The lowest BCUT2D eigenvalue weighted by Gasteiger charge is -2.44. The number of alkyl carbamates (subject to hydrolysis) is 1. The lowest BCUT2D eigenvalue weighted by atomic mass is 9.80. The number of aliphatic hydroxyl groups excluding tert-OH is 3. The average Bonchev–Trinajstić information content (AvgIpc) is 3.90. The Morgan fingerprint density at radius 1 is 0.938 bits per heavy atom. The highest BCUT2D eigenvalue weighted by Crippen LogP contribution is 2.31. The van der Waals surface area contributed by atoms with E-state index in [4.69, 9.17) is 9.47 Å². The number of aromatic amines is 1. The van der Waals surface area contributed by atoms with Gasteiger partial charge in [0.05, 0.1) is 19.0 Å². The standard InChI is InChI=1S/C41H53N11O12/c1-21(2)29(48-26(54)13-16-52-27(55)11-12-28(52)56)37(60)46-22(3)36(59)47-24-9-7-23(8-10-24)18-63-40(62)51-41(14-5-4-6-15-41)39(61)49-30-25(17-53)64-38(33(58)32(30)57)50-35-31-34(43-19-42-31)44-20-45-35/h7-12,19-22,25,29-30,32-33,38,53,57-58H,4-6,13-18H2,1-3H3,(H,46,60)(H,47,59)(H,48,54)(H,49,61)(H,51,62)(H2,42,43,44,45,50)/t22-,25-,29-,30-,32+,33-,38-/m0/s1. The number of rotatable bonds is 17. The number of hydrogen-bond donors (Lipinski definition) is 10. The lowest BCUT2D eigenvalue weighted by Crippen LogP contribution is -2.69. The van der Waals surface area contributed by atoms with Gasteiger partial charge in [0.2, 0.25) is 23.6 Å². The van der Waals surface area contributed by atoms with Crippen LogP contribution in [0.4, 0.5) is 16.3 Å². The summed E-state index contributed by atoms with van der Waals surface area (Å²) in [5.74, 6) is -3.54. The van der Waals surface area contributed by atoms with Gasteiger partial charge >= 0.3 is 6.09 Å². The maximum Gasteiger partial charge on any atom is 0.408 e. The fraction of sp³-hybridized carbons (Fsp3) is 0.512. The number of aliphatic hydroxyl groups is 3. The number of H-pyrrole nitrogens is 1. The number of benzene rings is 1. The summed E-state index contributed by atoms with van der Waals surface area (Å²) in [6, 6.07) is 3.06. The van der Waals surface area contributed by atoms with Crippen LogP contribution >= 0.6 is 0 Å². The molecule has 23 heteroatoms. The molecular weight excluding hydrogens is 839 g/mol. The molecule has 3 aromatic rings. The lowest BCUT2D eigenvalue weighted by molar-refractivity contribution is -0.186. The van der Waals surface area contributed by atoms with Gasteiger partial charge in [0.1, 0.15) is 54.4 Å². The van der Waals surface area contributed by atoms with Crippen molar-refractivity contribution in [2.45, 2.75) is 114 Å². The molecule has 1 aromatic carbocycles. The van der Waals surface area contributed by atoms with E-state index in [-0.39, 0.29) is 44.1 Å². The Balaban J connectivity index is 0.975. The molecule has 7 amide bonds. The summed E-state index contributed by atoms with van der Waals surface area (Å²) in [6.07, 6.45) is 0.719. The molecule has 1 saturated heterocycles. The summed E-state index contributed by atoms with van der Waals surface area (Å²) < 4.78 is 11.4. The van der Waals surface area contributed by atoms with Crippen LogP contribution in [-0.4, -0.2) is 143 Å². The van der Waals surface area contributed by atoms with Crippen molar-refractivity contribution in [1.82, 2.24) is 46.1 Å². The van der Waals surface area contributed by atoms with Crippen molar-refractivity contribution >= 4 is 64.2 Å². The van der Waals surface area contributed by atoms with Gasteiger partial charge in [-0.25, -0.2) is 19.7 Å². The van der Waals surface area contributed by atoms with Crippen LogP contribution in [0.1, 0.15) is 64.9 Å². The molecule has 23 nitrogen and oxygen atoms in total. The van der Waals surface area contributed by atoms with E-state index in [1.165, 1.54) is 19.6 Å². The molecule has 64 heavy (non-hydrogen) atoms. The maximum atomic E-state index is 14.0. The molecule has 10 N–H and O–H groups in total. The number of imide groups is 1. The van der Waals surface area contributed by atoms with Gasteiger partial charge in [-0.2, -0.15) is 0 Å². The highest BCUT2D eigenvalue weighted by Gasteiger charge is 2.49. The maximum absolute atomic E-state index is 14.0. The van der Waals surface area contributed by atoms with Gasteiger partial charge in [-0.1, -0.05) is 45.2 Å². The van der Waals surface area contributed by atoms with Crippen LogP contribution in [0.2, 0.25) is 0 Å². The Hall–Kier alpha value is -6.56. The number of carbonyl (C=O) groups excluding carboxylic acids is 7. The van der Waals surface area contributed by atoms with Gasteiger partial charge in [-0.05, 0) is 43.4 Å². The van der Waals surface area contributed by atoms with Crippen molar-refractivity contribution in [3.63, 3.8) is 0 Å². The number of imidazole rings is 1. The molecule has 2 aromatic heterocycles. The highest BCUT2D eigenvalue weighted by molar-refractivity contribution is 6.13. The van der Waals surface area contributed by atoms with Crippen molar-refractivity contribution in [2.24, 2.45) is 5.92 Å². The highest BCUT2D eigenvalue weighted by atomic mass is 16.6. The zero-order chi connectivity index (χ0) is 46.1. The van der Waals surface area contributed by atoms with Gasteiger partial charge in [-0.15, -0.1) is 0 Å². The van der Waals surface area contributed by atoms with Crippen LogP contribution in [0.3, 0.4) is 0 Å². The fourth-order valence-corrected chi connectivity index (χ4v) is 7.61. The number of hydrogen-bond acceptors (Lipinski definition) is 16. The number of amides is 7. The number of nitrogens with one attached hydrogen (secondary N) is 7. The van der Waals surface area contributed by atoms with E-state index in [1.807, 2.05) is 0 Å². The topological polar surface area (TPSA) is 329 Å². The third-order valence-corrected chi connectivity index (χ3v) is 11.3. The summed E-state index contributed by atoms with van der Waals surface area (Å²) in [4.78, 5) is 105. The first kappa shape index (κ1) is 46.9. The summed E-state index contributed by atoms with van der Waals surface area (Å²) >= 11 is 0. The molecule has 1 aliphatic carbocycles. The van der Waals surface area contributed by atoms with Gasteiger partial charge in [-0.3, -0.25) is 33.7 Å². The molecule has 344 valence electrons. The minimum Gasteiger partial charge on any atom is -0.445 e. The SMILES string of the molecule is CC(C)[C@H](NC(=O)CCN1C(=O)C=CC1=O)C(=O)N[C@@H](C)C(=O)Nc1ccc(COC(=O)NC2(C(=O)N[C@@H]3[C@@H](O)[C@H](O)[C@@H](Nc4ncnc5nc[nH]c45)O[C@H]3CO)CCCCC2)cc1. The number of carbonyl (C=O) groups is 7. The zero-order valence-corrected chi connectivity index (χ0v) is 35.4. The molecule has 7 atom stereocenters. The molecule has 0 spiro atoms. The minimum absolute atomic E-state index is 0.146. The number of anilines is 2. The van der Waals surface area contributed by atoms with E-state index >= 15 is 0 Å². The molecule has 2 aliphatic heterocycles. The van der Waals surface area contributed by atoms with Crippen LogP contribution in [0, 0.1) is 5.92 Å². The predicted octanol–water partition coefficient (Wildman–Crippen LogP) is -0.783. The summed E-state index contributed by atoms with van der Waals surface area (Å²) in [5, 5.41) is 48.7. The summed E-state index contributed by atoms with van der Waals surface area (Å²) in [7, 11) is 0. The van der Waals surface area contributed by atoms with E-state index in [1.54, 1.807) is 38.1 Å². The first-order valence-corrected chi connectivity index (χ1v) is 20.9. The Labute approximate surface area is 366 Å². The Bertz CT molecular complexity index is 2210. The molecule has 0 bridgehead atoms.